The Labute approximate surface area is 127 Å². The first kappa shape index (κ1) is 16.2. The second-order valence-corrected chi connectivity index (χ2v) is 6.49. The van der Waals surface area contributed by atoms with E-state index in [4.69, 9.17) is 5.73 Å². The van der Waals surface area contributed by atoms with E-state index in [2.05, 4.69) is 10.2 Å². The molecular weight excluding hydrogens is 268 g/mol. The molecule has 2 rings (SSSR count). The molecule has 6 nitrogen and oxygen atoms in total. The summed E-state index contributed by atoms with van der Waals surface area (Å²) in [6.45, 7) is 4.79. The number of rotatable bonds is 5. The lowest BCUT2D eigenvalue weighted by molar-refractivity contribution is -0.135. The summed E-state index contributed by atoms with van der Waals surface area (Å²) in [6, 6.07) is 0. The molecule has 0 bridgehead atoms. The number of nitrogens with zero attached hydrogens (tertiary/aromatic N) is 2. The molecule has 0 aromatic carbocycles. The minimum Gasteiger partial charge on any atom is -0.369 e. The van der Waals surface area contributed by atoms with Crippen LogP contribution in [-0.4, -0.2) is 67.9 Å². The number of nitrogens with one attached hydrogen (secondary N) is 1. The zero-order chi connectivity index (χ0) is 15.2. The van der Waals surface area contributed by atoms with Gasteiger partial charge in [0.25, 0.3) is 0 Å². The van der Waals surface area contributed by atoms with Crippen LogP contribution < -0.4 is 11.1 Å². The Bertz CT molecular complexity index is 369. The summed E-state index contributed by atoms with van der Waals surface area (Å²) in [5.41, 5.74) is 5.36. The van der Waals surface area contributed by atoms with E-state index in [1.165, 1.54) is 12.8 Å². The first-order valence-electron chi connectivity index (χ1n) is 8.02. The van der Waals surface area contributed by atoms with Gasteiger partial charge in [0.2, 0.25) is 11.8 Å². The molecule has 2 unspecified atom stereocenters. The Hall–Kier alpha value is -1.14. The molecule has 0 saturated carbocycles. The molecule has 6 heteroatoms. The number of amides is 2. The molecule has 0 aromatic heterocycles. The van der Waals surface area contributed by atoms with Crippen molar-refractivity contribution in [3.63, 3.8) is 0 Å². The maximum Gasteiger partial charge on any atom is 0.236 e. The second kappa shape index (κ2) is 7.75. The fourth-order valence-electron chi connectivity index (χ4n) is 3.35. The summed E-state index contributed by atoms with van der Waals surface area (Å²) in [5.74, 6) is 0.299. The standard InChI is InChI=1S/C15H28N4O2/c1-18(9-12-4-2-6-17-8-12)11-14(20)19-7-3-5-13(10-19)15(16)21/h12-13,17H,2-11H2,1H3,(H2,16,21). The number of primary amides is 1. The van der Waals surface area contributed by atoms with Crippen molar-refractivity contribution in [1.29, 1.82) is 0 Å². The molecule has 0 aromatic rings. The molecule has 120 valence electrons. The van der Waals surface area contributed by atoms with Crippen molar-refractivity contribution < 1.29 is 9.59 Å². The molecule has 2 fully saturated rings. The quantitative estimate of drug-likeness (QED) is 0.726. The fourth-order valence-corrected chi connectivity index (χ4v) is 3.35. The number of likely N-dealkylation sites (tertiary alicyclic amines) is 1. The van der Waals surface area contributed by atoms with Gasteiger partial charge in [0.1, 0.15) is 0 Å². The summed E-state index contributed by atoms with van der Waals surface area (Å²) in [5, 5.41) is 3.40. The van der Waals surface area contributed by atoms with Crippen LogP contribution in [0.2, 0.25) is 0 Å². The lowest BCUT2D eigenvalue weighted by Crippen LogP contribution is -2.48. The van der Waals surface area contributed by atoms with Crippen molar-refractivity contribution in [3.05, 3.63) is 0 Å². The zero-order valence-electron chi connectivity index (χ0n) is 13.0. The molecule has 0 spiro atoms. The summed E-state index contributed by atoms with van der Waals surface area (Å²) >= 11 is 0. The van der Waals surface area contributed by atoms with Gasteiger partial charge in [0, 0.05) is 19.6 Å². The molecule has 2 amide bonds. The van der Waals surface area contributed by atoms with Crippen molar-refractivity contribution in [2.45, 2.75) is 25.7 Å². The van der Waals surface area contributed by atoms with E-state index in [0.29, 0.717) is 19.0 Å². The van der Waals surface area contributed by atoms with Gasteiger partial charge >= 0.3 is 0 Å². The number of carbonyl (C=O) groups is 2. The third-order valence-corrected chi connectivity index (χ3v) is 4.55. The topological polar surface area (TPSA) is 78.7 Å². The highest BCUT2D eigenvalue weighted by molar-refractivity contribution is 5.81. The second-order valence-electron chi connectivity index (χ2n) is 6.49. The van der Waals surface area contributed by atoms with Crippen LogP contribution >= 0.6 is 0 Å². The summed E-state index contributed by atoms with van der Waals surface area (Å²) in [4.78, 5) is 27.5. The van der Waals surface area contributed by atoms with Gasteiger partial charge in [0.05, 0.1) is 12.5 Å². The Morgan fingerprint density at radius 3 is 2.81 bits per heavy atom. The van der Waals surface area contributed by atoms with Gasteiger partial charge in [-0.3, -0.25) is 14.5 Å². The number of nitrogens with two attached hydrogens (primary N) is 1. The van der Waals surface area contributed by atoms with Crippen molar-refractivity contribution in [2.24, 2.45) is 17.6 Å². The third kappa shape index (κ3) is 4.97. The Morgan fingerprint density at radius 1 is 1.33 bits per heavy atom. The van der Waals surface area contributed by atoms with Gasteiger partial charge in [0.15, 0.2) is 0 Å². The zero-order valence-corrected chi connectivity index (χ0v) is 13.0. The lowest BCUT2D eigenvalue weighted by atomic mass is 9.97. The van der Waals surface area contributed by atoms with E-state index in [1.807, 2.05) is 7.05 Å². The van der Waals surface area contributed by atoms with Crippen LogP contribution in [0.5, 0.6) is 0 Å². The highest BCUT2D eigenvalue weighted by atomic mass is 16.2. The van der Waals surface area contributed by atoms with E-state index < -0.39 is 0 Å². The first-order chi connectivity index (χ1) is 10.1. The minimum absolute atomic E-state index is 0.118. The van der Waals surface area contributed by atoms with Crippen molar-refractivity contribution in [3.8, 4) is 0 Å². The molecule has 2 heterocycles. The van der Waals surface area contributed by atoms with Crippen molar-refractivity contribution >= 4 is 11.8 Å². The molecule has 3 N–H and O–H groups in total. The lowest BCUT2D eigenvalue weighted by Gasteiger charge is -2.33. The van der Waals surface area contributed by atoms with E-state index in [9.17, 15) is 9.59 Å². The number of carbonyl (C=O) groups excluding carboxylic acids is 2. The Morgan fingerprint density at radius 2 is 2.14 bits per heavy atom. The van der Waals surface area contributed by atoms with Gasteiger partial charge in [-0.15, -0.1) is 0 Å². The molecule has 2 atom stereocenters. The van der Waals surface area contributed by atoms with Crippen LogP contribution in [0.25, 0.3) is 0 Å². The Kier molecular flexibility index (Phi) is 5.99. The molecule has 21 heavy (non-hydrogen) atoms. The minimum atomic E-state index is -0.283. The average Bonchev–Trinajstić information content (AvgIpc) is 2.48. The molecule has 2 saturated heterocycles. The largest absolute Gasteiger partial charge is 0.369 e. The van der Waals surface area contributed by atoms with Gasteiger partial charge in [-0.1, -0.05) is 0 Å². The van der Waals surface area contributed by atoms with E-state index in [1.54, 1.807) is 4.90 Å². The third-order valence-electron chi connectivity index (χ3n) is 4.55. The van der Waals surface area contributed by atoms with Gasteiger partial charge in [-0.05, 0) is 51.7 Å². The summed E-state index contributed by atoms with van der Waals surface area (Å²) < 4.78 is 0. The van der Waals surface area contributed by atoms with Crippen LogP contribution in [0, 0.1) is 11.8 Å². The van der Waals surface area contributed by atoms with Gasteiger partial charge in [-0.2, -0.15) is 0 Å². The molecule has 0 aliphatic carbocycles. The number of hydrogen-bond donors (Lipinski definition) is 2. The fraction of sp³-hybridized carbons (Fsp3) is 0.867. The molecule has 0 radical (unpaired) electrons. The predicted octanol–water partition coefficient (Wildman–Crippen LogP) is -0.358. The van der Waals surface area contributed by atoms with Crippen molar-refractivity contribution in [1.82, 2.24) is 15.1 Å². The van der Waals surface area contributed by atoms with Crippen LogP contribution in [0.15, 0.2) is 0 Å². The van der Waals surface area contributed by atoms with E-state index >= 15 is 0 Å². The maximum atomic E-state index is 12.3. The highest BCUT2D eigenvalue weighted by Gasteiger charge is 2.27. The van der Waals surface area contributed by atoms with Crippen LogP contribution in [0.4, 0.5) is 0 Å². The highest BCUT2D eigenvalue weighted by Crippen LogP contribution is 2.16. The van der Waals surface area contributed by atoms with Crippen molar-refractivity contribution in [2.75, 3.05) is 46.3 Å². The van der Waals surface area contributed by atoms with Crippen LogP contribution in [-0.2, 0) is 9.59 Å². The van der Waals surface area contributed by atoms with E-state index in [0.717, 1.165) is 39.0 Å². The van der Waals surface area contributed by atoms with Crippen LogP contribution in [0.3, 0.4) is 0 Å². The van der Waals surface area contributed by atoms with Gasteiger partial charge < -0.3 is 16.0 Å². The van der Waals surface area contributed by atoms with Crippen LogP contribution in [0.1, 0.15) is 25.7 Å². The average molecular weight is 296 g/mol. The predicted molar refractivity (Wildman–Crippen MR) is 81.6 cm³/mol. The number of piperidine rings is 2. The monoisotopic (exact) mass is 296 g/mol. The Balaban J connectivity index is 1.75. The maximum absolute atomic E-state index is 12.3. The molecule has 2 aliphatic heterocycles. The SMILES string of the molecule is CN(CC(=O)N1CCCC(C(N)=O)C1)CC1CCCNC1. The normalized spacial score (nSPS) is 26.9. The molecule has 2 aliphatic rings. The van der Waals surface area contributed by atoms with E-state index in [-0.39, 0.29) is 17.7 Å². The number of hydrogen-bond acceptors (Lipinski definition) is 4. The van der Waals surface area contributed by atoms with Gasteiger partial charge in [-0.25, -0.2) is 0 Å². The summed E-state index contributed by atoms with van der Waals surface area (Å²) in [6.07, 6.45) is 4.14. The first-order valence-corrected chi connectivity index (χ1v) is 8.02. The summed E-state index contributed by atoms with van der Waals surface area (Å²) in [7, 11) is 2.00. The smallest absolute Gasteiger partial charge is 0.236 e. The molecular formula is C15H28N4O2. The number of likely N-dealkylation sites (N-methyl/N-ethyl adjacent to an activating group) is 1.